The van der Waals surface area contributed by atoms with Crippen LogP contribution in [0.3, 0.4) is 0 Å². The quantitative estimate of drug-likeness (QED) is 0.0932. The van der Waals surface area contributed by atoms with Crippen molar-refractivity contribution in [3.63, 3.8) is 0 Å². The van der Waals surface area contributed by atoms with E-state index in [1.54, 1.807) is 12.1 Å². The van der Waals surface area contributed by atoms with Crippen LogP contribution in [-0.4, -0.2) is 115 Å². The third kappa shape index (κ3) is 17.6. The van der Waals surface area contributed by atoms with Gasteiger partial charge in [-0.1, -0.05) is 38.1 Å². The molecule has 2 N–H and O–H groups in total. The summed E-state index contributed by atoms with van der Waals surface area (Å²) in [6, 6.07) is 15.8. The fraction of sp³-hybridized carbons (Fsp3) is 0.660. The topological polar surface area (TPSA) is 131 Å². The molecule has 10 atom stereocenters. The summed E-state index contributed by atoms with van der Waals surface area (Å²) in [6.45, 7) is 44.2. The van der Waals surface area contributed by atoms with Gasteiger partial charge in [0.1, 0.15) is 42.4 Å². The van der Waals surface area contributed by atoms with E-state index in [4.69, 9.17) is 36.0 Å². The van der Waals surface area contributed by atoms with E-state index in [9.17, 15) is 19.4 Å². The molecule has 2 aromatic carbocycles. The Balaban J connectivity index is 0.000000365. The molecule has 3 aromatic rings. The van der Waals surface area contributed by atoms with Crippen molar-refractivity contribution in [1.29, 1.82) is 0 Å². The van der Waals surface area contributed by atoms with Gasteiger partial charge in [-0.05, 0) is 185 Å². The zero-order valence-electron chi connectivity index (χ0n) is 45.7. The number of carbonyl (C=O) groups is 1. The van der Waals surface area contributed by atoms with E-state index >= 15 is 0 Å². The number of halogens is 1. The van der Waals surface area contributed by atoms with Crippen LogP contribution in [-0.2, 0) is 46.6 Å². The van der Waals surface area contributed by atoms with Crippen LogP contribution in [0.1, 0.15) is 54.4 Å². The summed E-state index contributed by atoms with van der Waals surface area (Å²) >= 11 is 1.46. The maximum Gasteiger partial charge on any atom is 0.337 e. The molecule has 2 aliphatic rings. The Kier molecular flexibility index (Phi) is 20.0. The minimum atomic E-state index is -2.26. The smallest absolute Gasteiger partial charge is 0.337 e. The first-order chi connectivity index (χ1) is 31.3. The van der Waals surface area contributed by atoms with E-state index in [-0.39, 0.29) is 30.1 Å². The largest absolute Gasteiger partial charge is 0.458 e. The molecule has 1 aromatic heterocycles. The second-order valence-corrected chi connectivity index (χ2v) is 52.3. The number of hydrogen-bond donors (Lipinski definition) is 2. The first-order valence-electron chi connectivity index (χ1n) is 24.7. The highest BCUT2D eigenvalue weighted by molar-refractivity contribution is 7.15. The fourth-order valence-corrected chi connectivity index (χ4v) is 15.8. The predicted molar refractivity (Wildman–Crippen MR) is 293 cm³/mol. The molecule has 69 heavy (non-hydrogen) atoms. The molecule has 0 spiro atoms. The van der Waals surface area contributed by atoms with Crippen LogP contribution in [0.4, 0.5) is 4.39 Å². The predicted octanol–water partition coefficient (Wildman–Crippen LogP) is 12.5. The van der Waals surface area contributed by atoms with Gasteiger partial charge in [-0.2, -0.15) is 0 Å². The standard InChI is InChI=1S/C34H51FO6SSi3.C16H36O5Si3/c1-12-27-31(39-43(3,4)5)32(40-44(6,7)8)33(41-45(9,10)11)34(37,38-27)24-16-13-22(2)26(21-24)30(36)29-20-19-28(42-29)23-14-17-25(35)18-15-23;1-11-12-13(19-22(2,3)4)14(20-23(5,6)7)15(16(17)18-12)21-24(8,9)10/h13-21,27,30-33,36-37H,12H2,1-11H3;12-15H,11H2,1-10H3/t27-,30?,31-,32+,33-,34+;12-,13-,14+,15-/m11/s1. The van der Waals surface area contributed by atoms with Gasteiger partial charge in [-0.3, -0.25) is 0 Å². The maximum atomic E-state index is 13.5. The molecule has 3 heterocycles. The molecule has 2 aliphatic heterocycles. The summed E-state index contributed by atoms with van der Waals surface area (Å²) in [4.78, 5) is 14.3. The third-order valence-corrected chi connectivity index (χ3v) is 18.0. The van der Waals surface area contributed by atoms with E-state index in [0.29, 0.717) is 24.0 Å². The van der Waals surface area contributed by atoms with Crippen molar-refractivity contribution in [3.8, 4) is 10.4 Å². The minimum absolute atomic E-state index is 0.257. The van der Waals surface area contributed by atoms with Crippen LogP contribution in [0.25, 0.3) is 10.4 Å². The number of benzene rings is 2. The Hall–Kier alpha value is -1.52. The van der Waals surface area contributed by atoms with E-state index in [0.717, 1.165) is 20.9 Å². The van der Waals surface area contributed by atoms with Crippen molar-refractivity contribution < 1.29 is 55.4 Å². The van der Waals surface area contributed by atoms with Crippen molar-refractivity contribution in [3.05, 3.63) is 82.0 Å². The Morgan fingerprint density at radius 3 is 1.57 bits per heavy atom. The minimum Gasteiger partial charge on any atom is -0.458 e. The molecular formula is C50H87FO11SSi6. The number of aryl methyl sites for hydroxylation is 1. The van der Waals surface area contributed by atoms with Gasteiger partial charge in [0.05, 0.1) is 12.2 Å². The lowest BCUT2D eigenvalue weighted by Crippen LogP contribution is -2.68. The summed E-state index contributed by atoms with van der Waals surface area (Å²) in [7, 11) is -12.1. The van der Waals surface area contributed by atoms with Crippen LogP contribution >= 0.6 is 11.3 Å². The highest BCUT2D eigenvalue weighted by Gasteiger charge is 2.59. The summed E-state index contributed by atoms with van der Waals surface area (Å²) in [5.74, 6) is -2.44. The molecule has 390 valence electrons. The number of ether oxygens (including phenoxy) is 2. The van der Waals surface area contributed by atoms with Crippen molar-refractivity contribution in [2.45, 2.75) is 212 Å². The van der Waals surface area contributed by atoms with Crippen molar-refractivity contribution in [2.75, 3.05) is 0 Å². The molecule has 0 radical (unpaired) electrons. The maximum absolute atomic E-state index is 13.5. The average Bonchev–Trinajstić information content (AvgIpc) is 3.68. The van der Waals surface area contributed by atoms with Gasteiger partial charge in [0.25, 0.3) is 0 Å². The molecule has 5 rings (SSSR count). The van der Waals surface area contributed by atoms with Crippen LogP contribution in [0.15, 0.2) is 54.6 Å². The second-order valence-electron chi connectivity index (χ2n) is 24.4. The monoisotopic (exact) mass is 1080 g/mol. The zero-order chi connectivity index (χ0) is 52.5. The fourth-order valence-electron chi connectivity index (χ4n) is 8.42. The van der Waals surface area contributed by atoms with Gasteiger partial charge in [0.2, 0.25) is 5.79 Å². The van der Waals surface area contributed by atoms with E-state index in [2.05, 4.69) is 118 Å². The highest BCUT2D eigenvalue weighted by Crippen LogP contribution is 2.45. The molecule has 0 aliphatic carbocycles. The summed E-state index contributed by atoms with van der Waals surface area (Å²) in [6.07, 6.45) is -3.45. The van der Waals surface area contributed by atoms with E-state index < -0.39 is 92.3 Å². The second kappa shape index (κ2) is 22.9. The molecular weight excluding hydrogens is 996 g/mol. The number of rotatable bonds is 18. The van der Waals surface area contributed by atoms with Gasteiger partial charge in [-0.25, -0.2) is 9.18 Å². The number of aliphatic hydroxyl groups is 2. The Morgan fingerprint density at radius 2 is 1.09 bits per heavy atom. The van der Waals surface area contributed by atoms with Crippen LogP contribution in [0, 0.1) is 12.7 Å². The zero-order valence-corrected chi connectivity index (χ0v) is 52.5. The molecule has 19 heteroatoms. The lowest BCUT2D eigenvalue weighted by molar-refractivity contribution is -0.346. The van der Waals surface area contributed by atoms with Crippen molar-refractivity contribution in [1.82, 2.24) is 0 Å². The number of aliphatic hydroxyl groups excluding tert-OH is 1. The van der Waals surface area contributed by atoms with Crippen molar-refractivity contribution in [2.24, 2.45) is 0 Å². The van der Waals surface area contributed by atoms with Crippen molar-refractivity contribution >= 4 is 67.2 Å². The van der Waals surface area contributed by atoms with Crippen LogP contribution < -0.4 is 0 Å². The normalized spacial score (nSPS) is 26.8. The van der Waals surface area contributed by atoms with Gasteiger partial charge in [0, 0.05) is 15.3 Å². The summed E-state index contributed by atoms with van der Waals surface area (Å²) < 4.78 is 65.4. The van der Waals surface area contributed by atoms with E-state index in [1.165, 1.54) is 23.5 Å². The molecule has 1 unspecified atom stereocenters. The Bertz CT molecular complexity index is 2140. The molecule has 0 amide bonds. The van der Waals surface area contributed by atoms with Crippen LogP contribution in [0.2, 0.25) is 118 Å². The van der Waals surface area contributed by atoms with Gasteiger partial charge in [0.15, 0.2) is 56.0 Å². The number of thiophene rings is 1. The number of cyclic esters (lactones) is 1. The molecule has 2 saturated heterocycles. The van der Waals surface area contributed by atoms with Gasteiger partial charge in [-0.15, -0.1) is 11.3 Å². The molecule has 0 bridgehead atoms. The molecule has 0 saturated carbocycles. The summed E-state index contributed by atoms with van der Waals surface area (Å²) in [5.41, 5.74) is 2.94. The van der Waals surface area contributed by atoms with E-state index in [1.807, 2.05) is 51.1 Å². The molecule has 2 fully saturated rings. The highest BCUT2D eigenvalue weighted by atomic mass is 32.1. The number of esters is 1. The Morgan fingerprint density at radius 1 is 0.623 bits per heavy atom. The Labute approximate surface area is 424 Å². The van der Waals surface area contributed by atoms with Crippen LogP contribution in [0.5, 0.6) is 0 Å². The lowest BCUT2D eigenvalue weighted by Gasteiger charge is -2.54. The first kappa shape index (κ1) is 60.0. The summed E-state index contributed by atoms with van der Waals surface area (Å²) in [5, 5.41) is 24.4. The van der Waals surface area contributed by atoms with Gasteiger partial charge >= 0.3 is 5.97 Å². The van der Waals surface area contributed by atoms with Gasteiger partial charge < -0.3 is 46.2 Å². The average molecular weight is 1080 g/mol. The first-order valence-corrected chi connectivity index (χ1v) is 45.9. The third-order valence-electron chi connectivity index (χ3n) is 10.9. The molecule has 11 nitrogen and oxygen atoms in total. The SMILES string of the molecule is CC[C@H]1OC(=O)[C@H](O[Si](C)(C)C)[C@@H](O[Si](C)(C)C)[C@@H]1O[Si](C)(C)C.CC[C@H]1O[C@@](O)(c2ccc(C)c(C(O)c3ccc(-c4ccc(F)cc4)s3)c2)[C@H](O[Si](C)(C)C)[C@@H](O[Si](C)(C)C)[C@@H]1O[Si](C)(C)C. The number of carbonyl (C=O) groups excluding carboxylic acids is 1. The number of hydrogen-bond acceptors (Lipinski definition) is 12. The lowest BCUT2D eigenvalue weighted by atomic mass is 9.85.